The number of nitrogens with zero attached hydrogens (tertiary/aromatic N) is 4. The summed E-state index contributed by atoms with van der Waals surface area (Å²) >= 11 is 0. The average Bonchev–Trinajstić information content (AvgIpc) is 3.40. The van der Waals surface area contributed by atoms with Crippen LogP contribution in [0.5, 0.6) is 0 Å². The van der Waals surface area contributed by atoms with Gasteiger partial charge >= 0.3 is 0 Å². The highest BCUT2D eigenvalue weighted by Crippen LogP contribution is 2.43. The number of rotatable bonds is 6. The van der Waals surface area contributed by atoms with Gasteiger partial charge in [0.15, 0.2) is 0 Å². The summed E-state index contributed by atoms with van der Waals surface area (Å²) in [5.41, 5.74) is 0.332. The van der Waals surface area contributed by atoms with E-state index in [4.69, 9.17) is 0 Å². The Morgan fingerprint density at radius 1 is 1.18 bits per heavy atom. The van der Waals surface area contributed by atoms with Crippen LogP contribution in [0.15, 0.2) is 42.6 Å². The first kappa shape index (κ1) is 28.5. The van der Waals surface area contributed by atoms with E-state index in [-0.39, 0.29) is 43.1 Å². The summed E-state index contributed by atoms with van der Waals surface area (Å²) in [6, 6.07) is 9.41. The maximum Gasteiger partial charge on any atom is 0.300 e. The Balaban J connectivity index is 0.00000336. The zero-order chi connectivity index (χ0) is 26.4. The van der Waals surface area contributed by atoms with Crippen LogP contribution in [-0.2, 0) is 16.1 Å². The van der Waals surface area contributed by atoms with E-state index in [0.29, 0.717) is 44.0 Å². The van der Waals surface area contributed by atoms with Crippen molar-refractivity contribution in [1.29, 1.82) is 0 Å². The molecule has 2 aromatic rings. The Morgan fingerprint density at radius 3 is 2.61 bits per heavy atom. The fourth-order valence-corrected chi connectivity index (χ4v) is 5.86. The zero-order valence-corrected chi connectivity index (χ0v) is 21.8. The second-order valence-electron chi connectivity index (χ2n) is 11.4. The number of pyridine rings is 1. The number of carbonyl (C=O) groups is 1. The molecule has 3 aliphatic heterocycles. The number of piperazine rings is 1. The molecular formula is C29H40F3N5O. The number of likely N-dealkylation sites (tertiary alicyclic amines) is 1. The molecule has 1 aromatic heterocycles. The van der Waals surface area contributed by atoms with E-state index in [2.05, 4.69) is 27.0 Å². The molecule has 3 atom stereocenters. The van der Waals surface area contributed by atoms with E-state index < -0.39 is 17.5 Å². The molecule has 5 rings (SSSR count). The van der Waals surface area contributed by atoms with Crippen molar-refractivity contribution in [2.45, 2.75) is 64.2 Å². The predicted octanol–water partition coefficient (Wildman–Crippen LogP) is 4.19. The second-order valence-corrected chi connectivity index (χ2v) is 11.4. The SMILES string of the molecule is C.C[C@@H]1CN(CC(=O)N2CC(C)(C)c3ncc(C(F)(F)c4ccccc4)cc32)[C@@H](CN2CC[C@@H](F)C2)CN1. The van der Waals surface area contributed by atoms with Crippen molar-refractivity contribution in [1.82, 2.24) is 20.1 Å². The number of carbonyl (C=O) groups excluding carboxylic acids is 1. The van der Waals surface area contributed by atoms with Crippen LogP contribution in [0.25, 0.3) is 0 Å². The number of hydrogen-bond acceptors (Lipinski definition) is 5. The number of nitrogens with one attached hydrogen (secondary N) is 1. The van der Waals surface area contributed by atoms with E-state index in [1.165, 1.54) is 24.4 Å². The Kier molecular flexibility index (Phi) is 8.21. The Bertz CT molecular complexity index is 1130. The minimum Gasteiger partial charge on any atom is -0.311 e. The van der Waals surface area contributed by atoms with Crippen molar-refractivity contribution in [2.75, 3.05) is 50.7 Å². The van der Waals surface area contributed by atoms with E-state index in [9.17, 15) is 9.18 Å². The average molecular weight is 532 g/mol. The number of hydrogen-bond donors (Lipinski definition) is 1. The molecule has 0 spiro atoms. The summed E-state index contributed by atoms with van der Waals surface area (Å²) in [5.74, 6) is -3.36. The van der Waals surface area contributed by atoms with Gasteiger partial charge < -0.3 is 10.2 Å². The number of anilines is 1. The van der Waals surface area contributed by atoms with Crippen LogP contribution >= 0.6 is 0 Å². The largest absolute Gasteiger partial charge is 0.311 e. The second kappa shape index (κ2) is 10.9. The van der Waals surface area contributed by atoms with Crippen molar-refractivity contribution >= 4 is 11.6 Å². The van der Waals surface area contributed by atoms with Gasteiger partial charge in [0, 0.05) is 74.1 Å². The quantitative estimate of drug-likeness (QED) is 0.606. The molecule has 4 heterocycles. The van der Waals surface area contributed by atoms with Crippen LogP contribution < -0.4 is 10.2 Å². The van der Waals surface area contributed by atoms with E-state index in [1.807, 2.05) is 13.8 Å². The van der Waals surface area contributed by atoms with Crippen molar-refractivity contribution in [3.63, 3.8) is 0 Å². The normalized spacial score (nSPS) is 25.7. The molecule has 1 N–H and O–H groups in total. The molecule has 0 saturated carbocycles. The summed E-state index contributed by atoms with van der Waals surface area (Å²) in [5, 5.41) is 3.48. The molecule has 2 saturated heterocycles. The number of halogens is 3. The van der Waals surface area contributed by atoms with Gasteiger partial charge in [-0.25, -0.2) is 4.39 Å². The van der Waals surface area contributed by atoms with Gasteiger partial charge in [0.25, 0.3) is 5.92 Å². The number of aromatic nitrogens is 1. The van der Waals surface area contributed by atoms with Crippen LogP contribution in [0.4, 0.5) is 18.9 Å². The lowest BCUT2D eigenvalue weighted by Crippen LogP contribution is -2.60. The van der Waals surface area contributed by atoms with Gasteiger partial charge in [-0.15, -0.1) is 0 Å². The Hall–Kier alpha value is -2.49. The Morgan fingerprint density at radius 2 is 1.92 bits per heavy atom. The molecule has 1 amide bonds. The van der Waals surface area contributed by atoms with Crippen molar-refractivity contribution in [2.24, 2.45) is 0 Å². The molecular weight excluding hydrogens is 491 g/mol. The number of benzene rings is 1. The van der Waals surface area contributed by atoms with Crippen LogP contribution in [0.2, 0.25) is 0 Å². The van der Waals surface area contributed by atoms with Crippen LogP contribution in [-0.4, -0.2) is 84.8 Å². The first-order valence-electron chi connectivity index (χ1n) is 13.1. The molecule has 208 valence electrons. The topological polar surface area (TPSA) is 51.7 Å². The molecule has 6 nitrogen and oxygen atoms in total. The molecule has 2 fully saturated rings. The molecule has 3 aliphatic rings. The molecule has 0 aliphatic carbocycles. The third kappa shape index (κ3) is 5.60. The van der Waals surface area contributed by atoms with Crippen molar-refractivity contribution in [3.05, 3.63) is 59.4 Å². The highest BCUT2D eigenvalue weighted by Gasteiger charge is 2.43. The summed E-state index contributed by atoms with van der Waals surface area (Å²) in [4.78, 5) is 24.1. The minimum atomic E-state index is -3.23. The van der Waals surface area contributed by atoms with E-state index in [1.54, 1.807) is 23.1 Å². The van der Waals surface area contributed by atoms with Gasteiger partial charge in [0.2, 0.25) is 5.91 Å². The van der Waals surface area contributed by atoms with Crippen LogP contribution in [0.1, 0.15) is 51.4 Å². The molecule has 9 heteroatoms. The van der Waals surface area contributed by atoms with Gasteiger partial charge in [-0.3, -0.25) is 19.6 Å². The number of fused-ring (bicyclic) bond motifs is 1. The number of alkyl halides is 3. The molecule has 0 unspecified atom stereocenters. The summed E-state index contributed by atoms with van der Waals surface area (Å²) < 4.78 is 44.5. The summed E-state index contributed by atoms with van der Waals surface area (Å²) in [7, 11) is 0. The zero-order valence-electron chi connectivity index (χ0n) is 21.8. The standard InChI is InChI=1S/C28H36F3N5O.CH4/c1-19-14-35(23(13-32-19)16-34-10-9-22(29)15-34)17-25(37)36-18-27(2,3)26-24(36)11-21(12-33-26)28(30,31)20-7-5-4-6-8-20;/h4-8,11-12,19,22-23,32H,9-10,13-18H2,1-3H3;1H4/t19-,22-,23-;/m1./s1. The minimum absolute atomic E-state index is 0. The third-order valence-electron chi connectivity index (χ3n) is 7.90. The first-order valence-corrected chi connectivity index (χ1v) is 13.1. The van der Waals surface area contributed by atoms with Gasteiger partial charge in [-0.2, -0.15) is 8.78 Å². The lowest BCUT2D eigenvalue weighted by molar-refractivity contribution is -0.120. The van der Waals surface area contributed by atoms with Gasteiger partial charge in [-0.1, -0.05) is 51.6 Å². The first-order chi connectivity index (χ1) is 17.5. The van der Waals surface area contributed by atoms with Crippen molar-refractivity contribution < 1.29 is 18.0 Å². The van der Waals surface area contributed by atoms with Crippen LogP contribution in [0, 0.1) is 0 Å². The fourth-order valence-electron chi connectivity index (χ4n) is 5.86. The molecule has 1 aromatic carbocycles. The monoisotopic (exact) mass is 531 g/mol. The van der Waals surface area contributed by atoms with Gasteiger partial charge in [0.1, 0.15) is 6.17 Å². The number of amides is 1. The highest BCUT2D eigenvalue weighted by molar-refractivity contribution is 5.97. The van der Waals surface area contributed by atoms with Gasteiger partial charge in [-0.05, 0) is 19.4 Å². The van der Waals surface area contributed by atoms with E-state index in [0.717, 1.165) is 13.1 Å². The fraction of sp³-hybridized carbons (Fsp3) is 0.586. The third-order valence-corrected chi connectivity index (χ3v) is 7.90. The molecule has 0 bridgehead atoms. The summed E-state index contributed by atoms with van der Waals surface area (Å²) in [6.07, 6.45) is 1.01. The lowest BCUT2D eigenvalue weighted by Gasteiger charge is -2.41. The maximum absolute atomic E-state index is 15.4. The molecule has 0 radical (unpaired) electrons. The molecule has 38 heavy (non-hydrogen) atoms. The van der Waals surface area contributed by atoms with Crippen molar-refractivity contribution in [3.8, 4) is 0 Å². The maximum atomic E-state index is 15.4. The van der Waals surface area contributed by atoms with E-state index >= 15 is 8.78 Å². The van der Waals surface area contributed by atoms with Crippen LogP contribution in [0.3, 0.4) is 0 Å². The predicted molar refractivity (Wildman–Crippen MR) is 145 cm³/mol. The highest BCUT2D eigenvalue weighted by atomic mass is 19.3. The lowest BCUT2D eigenvalue weighted by atomic mass is 9.90. The summed E-state index contributed by atoms with van der Waals surface area (Å²) in [6.45, 7) is 9.89. The van der Waals surface area contributed by atoms with Gasteiger partial charge in [0.05, 0.1) is 17.9 Å². The Labute approximate surface area is 224 Å². The smallest absolute Gasteiger partial charge is 0.300 e.